The number of hydrogen-bond donors (Lipinski definition) is 3. The molecule has 0 saturated heterocycles. The molecule has 0 aliphatic rings. The predicted octanol–water partition coefficient (Wildman–Crippen LogP) is 1.38. The van der Waals surface area contributed by atoms with Crippen LogP contribution in [-0.4, -0.2) is 20.6 Å². The summed E-state index contributed by atoms with van der Waals surface area (Å²) in [6.45, 7) is 0. The molecule has 3 aromatic rings. The van der Waals surface area contributed by atoms with Crippen molar-refractivity contribution in [2.45, 2.75) is 6.42 Å². The van der Waals surface area contributed by atoms with Gasteiger partial charge in [-0.3, -0.25) is 9.89 Å². The van der Waals surface area contributed by atoms with Crippen LogP contribution in [0.1, 0.15) is 16.8 Å². The van der Waals surface area contributed by atoms with Gasteiger partial charge in [0.05, 0.1) is 0 Å². The van der Waals surface area contributed by atoms with Crippen molar-refractivity contribution in [3.8, 4) is 5.82 Å². The van der Waals surface area contributed by atoms with Crippen molar-refractivity contribution in [1.82, 2.24) is 14.8 Å². The molecule has 7 nitrogen and oxygen atoms in total. The lowest BCUT2D eigenvalue weighted by molar-refractivity contribution is 0.798. The van der Waals surface area contributed by atoms with Crippen LogP contribution >= 0.6 is 11.6 Å². The van der Waals surface area contributed by atoms with Gasteiger partial charge in [0, 0.05) is 35.0 Å². The number of rotatable bonds is 4. The molecule has 0 saturated carbocycles. The van der Waals surface area contributed by atoms with Crippen molar-refractivity contribution in [1.29, 1.82) is 0 Å². The first-order valence-electron chi connectivity index (χ1n) is 7.12. The molecule has 0 spiro atoms. The molecule has 0 aliphatic heterocycles. The second-order valence-electron chi connectivity index (χ2n) is 5.18. The molecule has 0 amide bonds. The number of hydrogen-bond acceptors (Lipinski definition) is 4. The van der Waals surface area contributed by atoms with Crippen LogP contribution in [0.5, 0.6) is 0 Å². The Morgan fingerprint density at radius 2 is 2.00 bits per heavy atom. The number of amidine groups is 1. The van der Waals surface area contributed by atoms with Gasteiger partial charge in [-0.15, -0.1) is 0 Å². The lowest BCUT2D eigenvalue weighted by Crippen LogP contribution is -2.19. The van der Waals surface area contributed by atoms with Crippen LogP contribution in [0.2, 0.25) is 5.02 Å². The number of pyridine rings is 1. The largest absolute Gasteiger partial charge is 0.382 e. The number of nitrogens with two attached hydrogens (primary N) is 2. The fraction of sp³-hybridized carbons (Fsp3) is 0.0625. The van der Waals surface area contributed by atoms with Crippen LogP contribution in [0.3, 0.4) is 0 Å². The molecule has 5 N–H and O–H groups in total. The van der Waals surface area contributed by atoms with E-state index in [0.29, 0.717) is 22.8 Å². The Morgan fingerprint density at radius 3 is 2.71 bits per heavy atom. The third-order valence-electron chi connectivity index (χ3n) is 3.49. The summed E-state index contributed by atoms with van der Waals surface area (Å²) in [5, 5.41) is 7.16. The summed E-state index contributed by atoms with van der Waals surface area (Å²) in [6.07, 6.45) is 2.11. The summed E-state index contributed by atoms with van der Waals surface area (Å²) in [5.41, 5.74) is 7.85. The number of H-pyrrole nitrogens is 1. The van der Waals surface area contributed by atoms with Crippen LogP contribution in [0.4, 0.5) is 0 Å². The number of nitrogens with zero attached hydrogens (tertiary/aromatic N) is 3. The minimum atomic E-state index is -0.216. The first kappa shape index (κ1) is 15.8. The number of benzene rings is 1. The van der Waals surface area contributed by atoms with E-state index in [9.17, 15) is 4.79 Å². The number of hydrazone groups is 1. The van der Waals surface area contributed by atoms with Crippen molar-refractivity contribution in [2.75, 3.05) is 0 Å². The van der Waals surface area contributed by atoms with Gasteiger partial charge in [0.1, 0.15) is 5.84 Å². The number of aromatic amines is 1. The fourth-order valence-electron chi connectivity index (χ4n) is 2.30. The van der Waals surface area contributed by atoms with Crippen LogP contribution in [0.25, 0.3) is 5.82 Å². The summed E-state index contributed by atoms with van der Waals surface area (Å²) in [7, 11) is 0. The SMILES string of the molecule is N/N=C(\N)c1ccnc(-n2[nH]c(Cc3ccc(Cl)cc3)cc2=O)c1. The second kappa shape index (κ2) is 6.59. The van der Waals surface area contributed by atoms with Gasteiger partial charge in [-0.1, -0.05) is 23.7 Å². The first-order chi connectivity index (χ1) is 11.6. The Bertz CT molecular complexity index is 942. The van der Waals surface area contributed by atoms with Gasteiger partial charge >= 0.3 is 0 Å². The van der Waals surface area contributed by atoms with Crippen LogP contribution in [0.15, 0.2) is 58.6 Å². The third kappa shape index (κ3) is 3.31. The summed E-state index contributed by atoms with van der Waals surface area (Å²) in [4.78, 5) is 16.4. The third-order valence-corrected chi connectivity index (χ3v) is 3.74. The van der Waals surface area contributed by atoms with Gasteiger partial charge in [0.2, 0.25) is 0 Å². The van der Waals surface area contributed by atoms with E-state index >= 15 is 0 Å². The minimum Gasteiger partial charge on any atom is -0.382 e. The summed E-state index contributed by atoms with van der Waals surface area (Å²) >= 11 is 5.88. The van der Waals surface area contributed by atoms with E-state index in [1.807, 2.05) is 24.3 Å². The zero-order chi connectivity index (χ0) is 17.1. The highest BCUT2D eigenvalue weighted by Gasteiger charge is 2.09. The average Bonchev–Trinajstić information content (AvgIpc) is 2.96. The summed E-state index contributed by atoms with van der Waals surface area (Å²) in [6, 6.07) is 12.3. The number of nitrogens with one attached hydrogen (secondary N) is 1. The average molecular weight is 343 g/mol. The normalized spacial score (nSPS) is 11.6. The van der Waals surface area contributed by atoms with Crippen molar-refractivity contribution < 1.29 is 0 Å². The molecule has 8 heteroatoms. The summed E-state index contributed by atoms with van der Waals surface area (Å²) < 4.78 is 1.35. The zero-order valence-electron chi connectivity index (χ0n) is 12.6. The Hall–Kier alpha value is -3.06. The van der Waals surface area contributed by atoms with E-state index in [1.54, 1.807) is 12.1 Å². The lowest BCUT2D eigenvalue weighted by Gasteiger charge is -2.04. The van der Waals surface area contributed by atoms with E-state index < -0.39 is 0 Å². The summed E-state index contributed by atoms with van der Waals surface area (Å²) in [5.74, 6) is 5.76. The van der Waals surface area contributed by atoms with Gasteiger partial charge < -0.3 is 11.6 Å². The molecule has 122 valence electrons. The highest BCUT2D eigenvalue weighted by Crippen LogP contribution is 2.12. The molecule has 0 atom stereocenters. The standard InChI is InChI=1S/C16H15ClN6O/c17-12-3-1-10(2-4-12)7-13-9-15(24)23(22-13)14-8-11(5-6-20-14)16(18)21-19/h1-6,8-9,22H,7,19H2,(H2,18,21). The Balaban J connectivity index is 1.92. The highest BCUT2D eigenvalue weighted by atomic mass is 35.5. The molecular weight excluding hydrogens is 328 g/mol. The van der Waals surface area contributed by atoms with Gasteiger partial charge in [-0.2, -0.15) is 5.10 Å². The van der Waals surface area contributed by atoms with Crippen LogP contribution < -0.4 is 17.1 Å². The highest BCUT2D eigenvalue weighted by molar-refractivity contribution is 6.30. The molecule has 2 heterocycles. The Labute approximate surface area is 142 Å². The van der Waals surface area contributed by atoms with E-state index in [2.05, 4.69) is 15.2 Å². The molecular formula is C16H15ClN6O. The molecule has 3 rings (SSSR count). The molecule has 1 aromatic carbocycles. The number of aromatic nitrogens is 3. The van der Waals surface area contributed by atoms with Crippen molar-refractivity contribution in [3.05, 3.63) is 80.9 Å². The first-order valence-corrected chi connectivity index (χ1v) is 7.50. The maximum absolute atomic E-state index is 12.2. The molecule has 0 radical (unpaired) electrons. The van der Waals surface area contributed by atoms with Crippen molar-refractivity contribution in [3.63, 3.8) is 0 Å². The van der Waals surface area contributed by atoms with Crippen LogP contribution in [-0.2, 0) is 6.42 Å². The van der Waals surface area contributed by atoms with Gasteiger partial charge in [0.15, 0.2) is 5.82 Å². The van der Waals surface area contributed by atoms with Gasteiger partial charge in [-0.05, 0) is 29.8 Å². The lowest BCUT2D eigenvalue weighted by atomic mass is 10.1. The minimum absolute atomic E-state index is 0.166. The molecule has 0 aliphatic carbocycles. The molecule has 0 fully saturated rings. The topological polar surface area (TPSA) is 115 Å². The van der Waals surface area contributed by atoms with Crippen LogP contribution in [0, 0.1) is 0 Å². The Kier molecular flexibility index (Phi) is 4.35. The number of halogens is 1. The van der Waals surface area contributed by atoms with Crippen molar-refractivity contribution >= 4 is 17.4 Å². The quantitative estimate of drug-likeness (QED) is 0.287. The molecule has 24 heavy (non-hydrogen) atoms. The molecule has 0 bridgehead atoms. The van der Waals surface area contributed by atoms with E-state index in [0.717, 1.165) is 11.3 Å². The fourth-order valence-corrected chi connectivity index (χ4v) is 2.43. The maximum atomic E-state index is 12.2. The predicted molar refractivity (Wildman–Crippen MR) is 93.4 cm³/mol. The van der Waals surface area contributed by atoms with Gasteiger partial charge in [0.25, 0.3) is 5.56 Å². The van der Waals surface area contributed by atoms with E-state index in [1.165, 1.54) is 16.9 Å². The molecule has 2 aromatic heterocycles. The molecule has 0 unspecified atom stereocenters. The maximum Gasteiger partial charge on any atom is 0.272 e. The van der Waals surface area contributed by atoms with E-state index in [4.69, 9.17) is 23.2 Å². The van der Waals surface area contributed by atoms with E-state index in [-0.39, 0.29) is 11.4 Å². The monoisotopic (exact) mass is 342 g/mol. The second-order valence-corrected chi connectivity index (χ2v) is 5.61. The zero-order valence-corrected chi connectivity index (χ0v) is 13.4. The smallest absolute Gasteiger partial charge is 0.272 e. The van der Waals surface area contributed by atoms with Crippen molar-refractivity contribution in [2.24, 2.45) is 16.7 Å². The van der Waals surface area contributed by atoms with Gasteiger partial charge in [-0.25, -0.2) is 9.67 Å². The Morgan fingerprint density at radius 1 is 1.25 bits per heavy atom.